The molecule has 0 unspecified atom stereocenters. The molecule has 0 radical (unpaired) electrons. The Hall–Kier alpha value is -2.21. The lowest BCUT2D eigenvalue weighted by Crippen LogP contribution is -2.48. The number of nitrogens with one attached hydrogen (secondary N) is 1. The van der Waals surface area contributed by atoms with Gasteiger partial charge in [-0.25, -0.2) is 9.67 Å². The highest BCUT2D eigenvalue weighted by atomic mass is 16.2. The highest BCUT2D eigenvalue weighted by Crippen LogP contribution is 2.17. The number of benzene rings is 1. The van der Waals surface area contributed by atoms with Crippen molar-refractivity contribution >= 4 is 5.91 Å². The smallest absolute Gasteiger partial charge is 0.237 e. The molecular formula is C16H23N5O. The van der Waals surface area contributed by atoms with Crippen LogP contribution in [0.5, 0.6) is 0 Å². The normalized spacial score (nSPS) is 12.9. The predicted molar refractivity (Wildman–Crippen MR) is 84.8 cm³/mol. The van der Waals surface area contributed by atoms with Crippen molar-refractivity contribution in [1.82, 2.24) is 20.1 Å². The minimum atomic E-state index is -0.515. The summed E-state index contributed by atoms with van der Waals surface area (Å²) in [5.74, 6) is -0.126. The number of nitrogens with two attached hydrogens (primary N) is 1. The summed E-state index contributed by atoms with van der Waals surface area (Å²) in [5, 5.41) is 6.95. The molecule has 1 amide bonds. The Morgan fingerprint density at radius 2 is 1.91 bits per heavy atom. The van der Waals surface area contributed by atoms with Gasteiger partial charge < -0.3 is 11.1 Å². The quantitative estimate of drug-likeness (QED) is 0.872. The predicted octanol–water partition coefficient (Wildman–Crippen LogP) is 1.32. The third kappa shape index (κ3) is 4.39. The number of nitrogens with zero attached hydrogens (tertiary/aromatic N) is 3. The summed E-state index contributed by atoms with van der Waals surface area (Å²) < 4.78 is 1.76. The number of carbonyl (C=O) groups is 1. The zero-order chi connectivity index (χ0) is 16.2. The number of aromatic nitrogens is 3. The van der Waals surface area contributed by atoms with E-state index in [1.54, 1.807) is 11.0 Å². The van der Waals surface area contributed by atoms with Crippen molar-refractivity contribution in [2.75, 3.05) is 0 Å². The molecule has 0 aliphatic carbocycles. The fourth-order valence-electron chi connectivity index (χ4n) is 1.96. The molecular weight excluding hydrogens is 278 g/mol. The molecule has 0 bridgehead atoms. The Morgan fingerprint density at radius 3 is 2.45 bits per heavy atom. The first-order valence-electron chi connectivity index (χ1n) is 7.30. The average molecular weight is 301 g/mol. The van der Waals surface area contributed by atoms with Crippen molar-refractivity contribution < 1.29 is 4.79 Å². The Bertz CT molecular complexity index is 598. The van der Waals surface area contributed by atoms with Crippen LogP contribution in [0.25, 0.3) is 0 Å². The molecule has 6 nitrogen and oxygen atoms in total. The molecule has 0 saturated heterocycles. The Kier molecular flexibility index (Phi) is 4.92. The molecule has 22 heavy (non-hydrogen) atoms. The first-order chi connectivity index (χ1) is 10.4. The number of amides is 1. The molecule has 6 heteroatoms. The van der Waals surface area contributed by atoms with Gasteiger partial charge in [-0.2, -0.15) is 5.10 Å². The first-order valence-corrected chi connectivity index (χ1v) is 7.30. The van der Waals surface area contributed by atoms with Gasteiger partial charge in [0, 0.05) is 6.54 Å². The summed E-state index contributed by atoms with van der Waals surface area (Å²) in [7, 11) is 0. The van der Waals surface area contributed by atoms with Crippen LogP contribution in [0.4, 0.5) is 0 Å². The van der Waals surface area contributed by atoms with E-state index in [2.05, 4.69) is 15.4 Å². The summed E-state index contributed by atoms with van der Waals surface area (Å²) in [4.78, 5) is 15.9. The highest BCUT2D eigenvalue weighted by Gasteiger charge is 2.26. The van der Waals surface area contributed by atoms with Gasteiger partial charge in [0.25, 0.3) is 0 Å². The van der Waals surface area contributed by atoms with Crippen LogP contribution in [0.1, 0.15) is 31.9 Å². The van der Waals surface area contributed by atoms with E-state index < -0.39 is 6.04 Å². The standard InChI is InChI=1S/C16H23N5O/c1-16(2,3)14(17)15(22)19-8-12-4-6-13(7-5-12)9-21-11-18-10-20-21/h4-7,10-11,14H,8-9,17H2,1-3H3,(H,19,22)/t14-/m1/s1. The Labute approximate surface area is 130 Å². The highest BCUT2D eigenvalue weighted by molar-refractivity contribution is 5.82. The largest absolute Gasteiger partial charge is 0.351 e. The lowest BCUT2D eigenvalue weighted by atomic mass is 9.87. The van der Waals surface area contributed by atoms with E-state index in [-0.39, 0.29) is 11.3 Å². The summed E-state index contributed by atoms with van der Waals surface area (Å²) in [6.45, 7) is 7.02. The molecule has 1 atom stereocenters. The molecule has 2 aromatic rings. The summed E-state index contributed by atoms with van der Waals surface area (Å²) >= 11 is 0. The van der Waals surface area contributed by atoms with E-state index in [0.717, 1.165) is 11.1 Å². The van der Waals surface area contributed by atoms with Crippen molar-refractivity contribution in [3.05, 3.63) is 48.0 Å². The first kappa shape index (κ1) is 16.2. The third-order valence-electron chi connectivity index (χ3n) is 3.52. The molecule has 1 heterocycles. The lowest BCUT2D eigenvalue weighted by Gasteiger charge is -2.25. The topological polar surface area (TPSA) is 85.8 Å². The van der Waals surface area contributed by atoms with Crippen molar-refractivity contribution in [3.63, 3.8) is 0 Å². The van der Waals surface area contributed by atoms with Crippen LogP contribution < -0.4 is 11.1 Å². The lowest BCUT2D eigenvalue weighted by molar-refractivity contribution is -0.124. The summed E-state index contributed by atoms with van der Waals surface area (Å²) in [5.41, 5.74) is 7.86. The van der Waals surface area contributed by atoms with Crippen LogP contribution in [0.15, 0.2) is 36.9 Å². The SMILES string of the molecule is CC(C)(C)[C@H](N)C(=O)NCc1ccc(Cn2cncn2)cc1. The Balaban J connectivity index is 1.88. The van der Waals surface area contributed by atoms with Crippen molar-refractivity contribution in [1.29, 1.82) is 0 Å². The van der Waals surface area contributed by atoms with Gasteiger partial charge in [-0.1, -0.05) is 45.0 Å². The molecule has 1 aromatic heterocycles. The van der Waals surface area contributed by atoms with Gasteiger partial charge in [-0.05, 0) is 16.5 Å². The van der Waals surface area contributed by atoms with E-state index in [4.69, 9.17) is 5.73 Å². The number of hydrogen-bond acceptors (Lipinski definition) is 4. The van der Waals surface area contributed by atoms with E-state index >= 15 is 0 Å². The van der Waals surface area contributed by atoms with Gasteiger partial charge in [-0.3, -0.25) is 4.79 Å². The maximum Gasteiger partial charge on any atom is 0.237 e. The molecule has 0 aliphatic heterocycles. The molecule has 0 saturated carbocycles. The Morgan fingerprint density at radius 1 is 1.27 bits per heavy atom. The zero-order valence-corrected chi connectivity index (χ0v) is 13.3. The number of hydrogen-bond donors (Lipinski definition) is 2. The molecule has 3 N–H and O–H groups in total. The van der Waals surface area contributed by atoms with Gasteiger partial charge in [-0.15, -0.1) is 0 Å². The maximum atomic E-state index is 12.0. The van der Waals surface area contributed by atoms with Crippen LogP contribution in [-0.4, -0.2) is 26.7 Å². The third-order valence-corrected chi connectivity index (χ3v) is 3.52. The maximum absolute atomic E-state index is 12.0. The van der Waals surface area contributed by atoms with E-state index in [1.807, 2.05) is 45.0 Å². The second kappa shape index (κ2) is 6.70. The molecule has 0 aliphatic rings. The fraction of sp³-hybridized carbons (Fsp3) is 0.438. The monoisotopic (exact) mass is 301 g/mol. The average Bonchev–Trinajstić information content (AvgIpc) is 2.97. The molecule has 0 spiro atoms. The van der Waals surface area contributed by atoms with Crippen molar-refractivity contribution in [3.8, 4) is 0 Å². The summed E-state index contributed by atoms with van der Waals surface area (Å²) in [6, 6.07) is 7.52. The minimum absolute atomic E-state index is 0.126. The fourth-order valence-corrected chi connectivity index (χ4v) is 1.96. The number of rotatable bonds is 5. The van der Waals surface area contributed by atoms with Crippen LogP contribution in [0.3, 0.4) is 0 Å². The van der Waals surface area contributed by atoms with Gasteiger partial charge in [0.15, 0.2) is 0 Å². The second-order valence-corrected chi connectivity index (χ2v) is 6.47. The second-order valence-electron chi connectivity index (χ2n) is 6.47. The number of carbonyl (C=O) groups excluding carboxylic acids is 1. The van der Waals surface area contributed by atoms with Crippen LogP contribution in [0.2, 0.25) is 0 Å². The van der Waals surface area contributed by atoms with Crippen LogP contribution >= 0.6 is 0 Å². The van der Waals surface area contributed by atoms with E-state index in [1.165, 1.54) is 6.33 Å². The van der Waals surface area contributed by atoms with Gasteiger partial charge in [0.1, 0.15) is 12.7 Å². The van der Waals surface area contributed by atoms with Gasteiger partial charge in [0.2, 0.25) is 5.91 Å². The molecule has 1 aromatic carbocycles. The minimum Gasteiger partial charge on any atom is -0.351 e. The molecule has 0 fully saturated rings. The summed E-state index contributed by atoms with van der Waals surface area (Å²) in [6.07, 6.45) is 3.20. The van der Waals surface area contributed by atoms with E-state index in [0.29, 0.717) is 13.1 Å². The van der Waals surface area contributed by atoms with Crippen LogP contribution in [0, 0.1) is 5.41 Å². The van der Waals surface area contributed by atoms with Crippen LogP contribution in [-0.2, 0) is 17.9 Å². The van der Waals surface area contributed by atoms with Gasteiger partial charge in [0.05, 0.1) is 12.6 Å². The zero-order valence-electron chi connectivity index (χ0n) is 13.3. The van der Waals surface area contributed by atoms with Crippen molar-refractivity contribution in [2.24, 2.45) is 11.1 Å². The van der Waals surface area contributed by atoms with Gasteiger partial charge >= 0.3 is 0 Å². The van der Waals surface area contributed by atoms with Crippen molar-refractivity contribution in [2.45, 2.75) is 39.9 Å². The molecule has 2 rings (SSSR count). The molecule has 118 valence electrons. The van der Waals surface area contributed by atoms with E-state index in [9.17, 15) is 4.79 Å².